The number of alkyl halides is 3. The molecule has 1 aromatic carbocycles. The molecule has 0 N–H and O–H groups in total. The molecule has 1 aromatic heterocycles. The smallest absolute Gasteiger partial charge is 0.419 e. The van der Waals surface area contributed by atoms with Gasteiger partial charge >= 0.3 is 12.2 Å². The Kier molecular flexibility index (Phi) is 4.28. The van der Waals surface area contributed by atoms with Crippen molar-refractivity contribution in [3.63, 3.8) is 0 Å². The topological polar surface area (TPSA) is 61.8 Å². The molecule has 2 amide bonds. The summed E-state index contributed by atoms with van der Waals surface area (Å²) in [6, 6.07) is 2.20. The molecular formula is C20H19F4N5O2. The molecule has 11 heteroatoms. The molecule has 0 saturated carbocycles. The third-order valence-corrected chi connectivity index (χ3v) is 5.95. The van der Waals surface area contributed by atoms with Crippen LogP contribution in [0, 0.1) is 11.2 Å². The Labute approximate surface area is 175 Å². The zero-order valence-electron chi connectivity index (χ0n) is 16.6. The zero-order chi connectivity index (χ0) is 22.0. The van der Waals surface area contributed by atoms with Gasteiger partial charge in [0.1, 0.15) is 18.2 Å². The number of likely N-dealkylation sites (tertiary alicyclic amines) is 1. The summed E-state index contributed by atoms with van der Waals surface area (Å²) in [6.45, 7) is 4.15. The number of rotatable bonds is 1. The second kappa shape index (κ2) is 6.69. The number of hydrogen-bond acceptors (Lipinski definition) is 5. The number of aromatic nitrogens is 2. The Hall–Kier alpha value is -3.11. The molecule has 1 unspecified atom stereocenters. The number of nitrogens with zero attached hydrogens (tertiary/aromatic N) is 5. The van der Waals surface area contributed by atoms with Crippen molar-refractivity contribution < 1.29 is 27.1 Å². The molecule has 2 fully saturated rings. The highest BCUT2D eigenvalue weighted by Crippen LogP contribution is 2.44. The minimum absolute atomic E-state index is 0.0624. The fourth-order valence-corrected chi connectivity index (χ4v) is 4.49. The van der Waals surface area contributed by atoms with Crippen LogP contribution in [0.1, 0.15) is 12.5 Å². The van der Waals surface area contributed by atoms with Crippen LogP contribution in [0.5, 0.6) is 5.75 Å². The quantitative estimate of drug-likeness (QED) is 0.642. The van der Waals surface area contributed by atoms with E-state index in [4.69, 9.17) is 4.74 Å². The van der Waals surface area contributed by atoms with Crippen molar-refractivity contribution in [3.05, 3.63) is 42.0 Å². The van der Waals surface area contributed by atoms with Crippen LogP contribution < -0.4 is 14.5 Å². The predicted octanol–water partition coefficient (Wildman–Crippen LogP) is 3.16. The van der Waals surface area contributed by atoms with Gasteiger partial charge < -0.3 is 14.5 Å². The molecule has 3 aliphatic rings. The molecule has 0 radical (unpaired) electrons. The number of anilines is 2. The van der Waals surface area contributed by atoms with Crippen molar-refractivity contribution in [2.75, 3.05) is 42.6 Å². The first-order valence-electron chi connectivity index (χ1n) is 9.81. The van der Waals surface area contributed by atoms with Crippen molar-refractivity contribution in [1.82, 2.24) is 14.9 Å². The number of fused-ring (bicyclic) bond motifs is 1. The highest BCUT2D eigenvalue weighted by atomic mass is 19.4. The SMILES string of the molecule is CC1COc2cc(F)c(C(F)(F)F)cc2N1C(=O)N1CC2(C1)CN(c1ncccn1)C2. The number of carbonyl (C=O) groups excluding carboxylic acids is 1. The first-order chi connectivity index (χ1) is 14.7. The van der Waals surface area contributed by atoms with E-state index in [1.807, 2.05) is 4.90 Å². The highest BCUT2D eigenvalue weighted by molar-refractivity contribution is 5.95. The van der Waals surface area contributed by atoms with E-state index in [0.717, 1.165) is 0 Å². The molecule has 4 heterocycles. The molecule has 1 atom stereocenters. The molecule has 164 valence electrons. The van der Waals surface area contributed by atoms with Gasteiger partial charge in [-0.15, -0.1) is 0 Å². The maximum absolute atomic E-state index is 13.9. The summed E-state index contributed by atoms with van der Waals surface area (Å²) < 4.78 is 58.9. The molecule has 0 bridgehead atoms. The van der Waals surface area contributed by atoms with Crippen LogP contribution in [0.2, 0.25) is 0 Å². The van der Waals surface area contributed by atoms with E-state index in [9.17, 15) is 22.4 Å². The molecule has 3 aliphatic heterocycles. The molecule has 5 rings (SSSR count). The van der Waals surface area contributed by atoms with Gasteiger partial charge in [0.25, 0.3) is 0 Å². The maximum atomic E-state index is 13.9. The summed E-state index contributed by atoms with van der Waals surface area (Å²) in [5.74, 6) is -0.854. The maximum Gasteiger partial charge on any atom is 0.419 e. The van der Waals surface area contributed by atoms with Gasteiger partial charge in [-0.1, -0.05) is 0 Å². The van der Waals surface area contributed by atoms with Crippen LogP contribution in [-0.4, -0.2) is 59.7 Å². The lowest BCUT2D eigenvalue weighted by molar-refractivity contribution is -0.140. The van der Waals surface area contributed by atoms with Gasteiger partial charge in [-0.25, -0.2) is 19.2 Å². The van der Waals surface area contributed by atoms with Gasteiger partial charge in [-0.05, 0) is 19.1 Å². The monoisotopic (exact) mass is 437 g/mol. The highest BCUT2D eigenvalue weighted by Gasteiger charge is 2.55. The Morgan fingerprint density at radius 3 is 2.48 bits per heavy atom. The fourth-order valence-electron chi connectivity index (χ4n) is 4.49. The molecule has 31 heavy (non-hydrogen) atoms. The Morgan fingerprint density at radius 2 is 1.84 bits per heavy atom. The van der Waals surface area contributed by atoms with Gasteiger partial charge in [0.05, 0.1) is 17.3 Å². The number of benzene rings is 1. The normalized spacial score (nSPS) is 21.8. The lowest BCUT2D eigenvalue weighted by Gasteiger charge is -2.60. The van der Waals surface area contributed by atoms with E-state index in [1.165, 1.54) is 4.90 Å². The summed E-state index contributed by atoms with van der Waals surface area (Å²) in [5, 5.41) is 0. The number of ether oxygens (including phenoxy) is 1. The average molecular weight is 437 g/mol. The van der Waals surface area contributed by atoms with Crippen molar-refractivity contribution in [3.8, 4) is 5.75 Å². The lowest BCUT2D eigenvalue weighted by Crippen LogP contribution is -2.74. The first-order valence-corrected chi connectivity index (χ1v) is 9.81. The molecule has 2 aromatic rings. The molecular weight excluding hydrogens is 418 g/mol. The summed E-state index contributed by atoms with van der Waals surface area (Å²) in [4.78, 5) is 26.5. The van der Waals surface area contributed by atoms with E-state index in [0.29, 0.717) is 44.3 Å². The van der Waals surface area contributed by atoms with Gasteiger partial charge in [0.2, 0.25) is 5.95 Å². The van der Waals surface area contributed by atoms with E-state index >= 15 is 0 Å². The van der Waals surface area contributed by atoms with Crippen LogP contribution in [0.4, 0.5) is 34.0 Å². The molecule has 0 aliphatic carbocycles. The third-order valence-electron chi connectivity index (χ3n) is 5.95. The fraction of sp³-hybridized carbons (Fsp3) is 0.450. The molecule has 7 nitrogen and oxygen atoms in total. The number of amides is 2. The van der Waals surface area contributed by atoms with Crippen LogP contribution in [0.3, 0.4) is 0 Å². The second-order valence-corrected chi connectivity index (χ2v) is 8.37. The van der Waals surface area contributed by atoms with Crippen LogP contribution in [0.15, 0.2) is 30.6 Å². The summed E-state index contributed by atoms with van der Waals surface area (Å²) in [6.07, 6.45) is -1.54. The third kappa shape index (κ3) is 3.22. The Morgan fingerprint density at radius 1 is 1.16 bits per heavy atom. The Balaban J connectivity index is 1.32. The lowest BCUT2D eigenvalue weighted by atomic mass is 9.73. The minimum Gasteiger partial charge on any atom is -0.489 e. The van der Waals surface area contributed by atoms with E-state index in [2.05, 4.69) is 9.97 Å². The van der Waals surface area contributed by atoms with Crippen molar-refractivity contribution in [2.24, 2.45) is 5.41 Å². The van der Waals surface area contributed by atoms with Gasteiger partial charge in [-0.2, -0.15) is 13.2 Å². The zero-order valence-corrected chi connectivity index (χ0v) is 16.6. The van der Waals surface area contributed by atoms with Gasteiger partial charge in [-0.3, -0.25) is 4.90 Å². The van der Waals surface area contributed by atoms with Crippen molar-refractivity contribution in [1.29, 1.82) is 0 Å². The largest absolute Gasteiger partial charge is 0.489 e. The van der Waals surface area contributed by atoms with Gasteiger partial charge in [0, 0.05) is 50.1 Å². The number of hydrogen-bond donors (Lipinski definition) is 0. The first kappa shape index (κ1) is 19.8. The van der Waals surface area contributed by atoms with Gasteiger partial charge in [0.15, 0.2) is 0 Å². The van der Waals surface area contributed by atoms with Crippen molar-refractivity contribution >= 4 is 17.7 Å². The number of carbonyl (C=O) groups is 1. The minimum atomic E-state index is -4.87. The summed E-state index contributed by atoms with van der Waals surface area (Å²) >= 11 is 0. The van der Waals surface area contributed by atoms with Crippen molar-refractivity contribution in [2.45, 2.75) is 19.1 Å². The number of urea groups is 1. The van der Waals surface area contributed by atoms with Crippen LogP contribution >= 0.6 is 0 Å². The van der Waals surface area contributed by atoms with E-state index < -0.39 is 29.6 Å². The standard InChI is InChI=1S/C20H19F4N5O2/c1-12-7-31-16-6-14(21)13(20(22,23)24)5-15(16)29(12)18(30)28-10-19(11-28)8-27(9-19)17-25-3-2-4-26-17/h2-6,12H,7-11H2,1H3. The van der Waals surface area contributed by atoms with E-state index in [1.54, 1.807) is 30.3 Å². The second-order valence-electron chi connectivity index (χ2n) is 8.37. The summed E-state index contributed by atoms with van der Waals surface area (Å²) in [5.41, 5.74) is -1.54. The summed E-state index contributed by atoms with van der Waals surface area (Å²) in [7, 11) is 0. The molecule has 2 saturated heterocycles. The molecule has 1 spiro atoms. The number of halogens is 4. The van der Waals surface area contributed by atoms with Crippen LogP contribution in [-0.2, 0) is 6.18 Å². The van der Waals surface area contributed by atoms with E-state index in [-0.39, 0.29) is 23.5 Å². The predicted molar refractivity (Wildman–Crippen MR) is 102 cm³/mol. The Bertz CT molecular complexity index is 1020. The average Bonchev–Trinajstić information content (AvgIpc) is 2.65. The van der Waals surface area contributed by atoms with Crippen LogP contribution in [0.25, 0.3) is 0 Å².